The first-order valence-corrected chi connectivity index (χ1v) is 8.44. The lowest BCUT2D eigenvalue weighted by Gasteiger charge is -2.35. The molecule has 1 aromatic carbocycles. The quantitative estimate of drug-likeness (QED) is 0.817. The Bertz CT molecular complexity index is 734. The van der Waals surface area contributed by atoms with E-state index in [0.717, 1.165) is 6.07 Å². The molecule has 1 saturated heterocycles. The Balaban J connectivity index is 2.14. The molecular formula is C19H25FN2O4. The Kier molecular flexibility index (Phi) is 5.47. The maximum absolute atomic E-state index is 14.1. The number of halogens is 1. The van der Waals surface area contributed by atoms with E-state index in [2.05, 4.69) is 0 Å². The van der Waals surface area contributed by atoms with Crippen molar-refractivity contribution in [2.75, 3.05) is 13.2 Å². The van der Waals surface area contributed by atoms with Crippen LogP contribution < -0.4 is 4.74 Å². The Morgan fingerprint density at radius 2 is 2.12 bits per heavy atom. The number of hydrogen-bond donors (Lipinski definition) is 0. The fourth-order valence-corrected chi connectivity index (χ4v) is 2.76. The lowest BCUT2D eigenvalue weighted by Crippen LogP contribution is -2.51. The smallest absolute Gasteiger partial charge is 0.413 e. The maximum atomic E-state index is 14.1. The fraction of sp³-hybridized carbons (Fsp3) is 0.579. The molecule has 6 nitrogen and oxygen atoms in total. The van der Waals surface area contributed by atoms with E-state index < -0.39 is 29.3 Å². The third kappa shape index (κ3) is 4.44. The van der Waals surface area contributed by atoms with Crippen LogP contribution >= 0.6 is 0 Å². The van der Waals surface area contributed by atoms with Crippen molar-refractivity contribution in [2.24, 2.45) is 0 Å². The molecule has 1 atom stereocenters. The van der Waals surface area contributed by atoms with Gasteiger partial charge in [-0.05, 0) is 59.2 Å². The maximum Gasteiger partial charge on any atom is 0.413 e. The molecule has 1 aliphatic rings. The number of amides is 1. The van der Waals surface area contributed by atoms with Gasteiger partial charge >= 0.3 is 6.09 Å². The van der Waals surface area contributed by atoms with Gasteiger partial charge in [0.05, 0.1) is 24.3 Å². The van der Waals surface area contributed by atoms with Crippen LogP contribution in [0.3, 0.4) is 0 Å². The monoisotopic (exact) mass is 364 g/mol. The summed E-state index contributed by atoms with van der Waals surface area (Å²) in [4.78, 5) is 14.0. The van der Waals surface area contributed by atoms with Crippen molar-refractivity contribution in [3.05, 3.63) is 29.1 Å². The number of hydrogen-bond acceptors (Lipinski definition) is 5. The SMILES string of the molecule is Cc1cc(OC[C@H]2COC(C)(C)N2C(=O)OC(C)(C)C)c(F)cc1C#N. The van der Waals surface area contributed by atoms with Crippen LogP contribution in [0.25, 0.3) is 0 Å². The Morgan fingerprint density at radius 1 is 1.46 bits per heavy atom. The molecule has 7 heteroatoms. The zero-order chi connectivity index (χ0) is 19.7. The van der Waals surface area contributed by atoms with Crippen LogP contribution in [0.5, 0.6) is 5.75 Å². The lowest BCUT2D eigenvalue weighted by atomic mass is 10.1. The summed E-state index contributed by atoms with van der Waals surface area (Å²) in [6, 6.07) is 4.13. The van der Waals surface area contributed by atoms with Crippen molar-refractivity contribution >= 4 is 6.09 Å². The van der Waals surface area contributed by atoms with E-state index in [1.165, 1.54) is 11.0 Å². The van der Waals surface area contributed by atoms with Gasteiger partial charge in [0, 0.05) is 0 Å². The van der Waals surface area contributed by atoms with Gasteiger partial charge in [-0.3, -0.25) is 4.90 Å². The normalized spacial score (nSPS) is 19.2. The van der Waals surface area contributed by atoms with E-state index in [1.54, 1.807) is 41.5 Å². The molecule has 1 aliphatic heterocycles. The van der Waals surface area contributed by atoms with Gasteiger partial charge in [-0.15, -0.1) is 0 Å². The van der Waals surface area contributed by atoms with Gasteiger partial charge in [0.15, 0.2) is 11.6 Å². The first kappa shape index (κ1) is 20.0. The Hall–Kier alpha value is -2.33. The molecular weight excluding hydrogens is 339 g/mol. The summed E-state index contributed by atoms with van der Waals surface area (Å²) < 4.78 is 30.8. The molecule has 0 saturated carbocycles. The minimum atomic E-state index is -0.852. The highest BCUT2D eigenvalue weighted by Crippen LogP contribution is 2.30. The van der Waals surface area contributed by atoms with Crippen LogP contribution in [0.2, 0.25) is 0 Å². The predicted molar refractivity (Wildman–Crippen MR) is 93.2 cm³/mol. The van der Waals surface area contributed by atoms with Crippen molar-refractivity contribution in [1.29, 1.82) is 5.26 Å². The molecule has 1 aromatic rings. The van der Waals surface area contributed by atoms with E-state index >= 15 is 0 Å². The van der Waals surface area contributed by atoms with E-state index in [1.807, 2.05) is 6.07 Å². The first-order valence-electron chi connectivity index (χ1n) is 8.44. The molecule has 0 unspecified atom stereocenters. The van der Waals surface area contributed by atoms with Crippen LogP contribution in [-0.2, 0) is 9.47 Å². The number of nitrogens with zero attached hydrogens (tertiary/aromatic N) is 2. The summed E-state index contributed by atoms with van der Waals surface area (Å²) >= 11 is 0. The second-order valence-corrected chi connectivity index (χ2v) is 7.78. The van der Waals surface area contributed by atoms with Gasteiger partial charge in [-0.2, -0.15) is 5.26 Å². The molecule has 0 spiro atoms. The van der Waals surface area contributed by atoms with E-state index in [4.69, 9.17) is 19.5 Å². The minimum Gasteiger partial charge on any atom is -0.488 e. The summed E-state index contributed by atoms with van der Waals surface area (Å²) in [6.07, 6.45) is -0.509. The van der Waals surface area contributed by atoms with Crippen LogP contribution in [0.15, 0.2) is 12.1 Å². The average Bonchev–Trinajstić information content (AvgIpc) is 2.80. The standard InChI is InChI=1S/C19H25FN2O4/c1-12-7-16(15(20)8-13(12)9-21)24-10-14-11-25-19(5,6)22(14)17(23)26-18(2,3)4/h7-8,14H,10-11H2,1-6H3/t14-/m0/s1. The topological polar surface area (TPSA) is 71.8 Å². The van der Waals surface area contributed by atoms with Gasteiger partial charge < -0.3 is 14.2 Å². The van der Waals surface area contributed by atoms with Gasteiger partial charge in [-0.25, -0.2) is 9.18 Å². The van der Waals surface area contributed by atoms with E-state index in [0.29, 0.717) is 5.56 Å². The summed E-state index contributed by atoms with van der Waals surface area (Å²) in [6.45, 7) is 10.9. The molecule has 0 aliphatic carbocycles. The molecule has 0 aromatic heterocycles. The summed E-state index contributed by atoms with van der Waals surface area (Å²) in [5.41, 5.74) is -0.612. The van der Waals surface area contributed by atoms with Crippen molar-refractivity contribution in [1.82, 2.24) is 4.90 Å². The number of aryl methyl sites for hydroxylation is 1. The van der Waals surface area contributed by atoms with Crippen molar-refractivity contribution in [3.8, 4) is 11.8 Å². The van der Waals surface area contributed by atoms with Crippen LogP contribution in [0.4, 0.5) is 9.18 Å². The number of nitriles is 1. The first-order chi connectivity index (χ1) is 11.9. The lowest BCUT2D eigenvalue weighted by molar-refractivity contribution is -0.0637. The third-order valence-electron chi connectivity index (χ3n) is 4.00. The van der Waals surface area contributed by atoms with Gasteiger partial charge in [0.2, 0.25) is 0 Å². The Labute approximate surface area is 153 Å². The minimum absolute atomic E-state index is 0.0374. The molecule has 26 heavy (non-hydrogen) atoms. The number of carbonyl (C=O) groups is 1. The average molecular weight is 364 g/mol. The van der Waals surface area contributed by atoms with Crippen molar-refractivity contribution in [2.45, 2.75) is 58.9 Å². The van der Waals surface area contributed by atoms with Crippen LogP contribution in [0.1, 0.15) is 45.7 Å². The summed E-state index contributed by atoms with van der Waals surface area (Å²) in [5.74, 6) is -0.579. The molecule has 2 rings (SSSR count). The molecule has 1 fully saturated rings. The van der Waals surface area contributed by atoms with Crippen LogP contribution in [-0.4, -0.2) is 41.6 Å². The summed E-state index contributed by atoms with van der Waals surface area (Å²) in [5, 5.41) is 8.95. The highest BCUT2D eigenvalue weighted by Gasteiger charge is 2.46. The number of carbonyl (C=O) groups excluding carboxylic acids is 1. The highest BCUT2D eigenvalue weighted by molar-refractivity contribution is 5.69. The van der Waals surface area contributed by atoms with Gasteiger partial charge in [0.1, 0.15) is 17.9 Å². The molecule has 142 valence electrons. The second kappa shape index (κ2) is 7.12. The molecule has 0 N–H and O–H groups in total. The molecule has 1 amide bonds. The number of rotatable bonds is 3. The predicted octanol–water partition coefficient (Wildman–Crippen LogP) is 3.76. The van der Waals surface area contributed by atoms with Crippen molar-refractivity contribution in [3.63, 3.8) is 0 Å². The van der Waals surface area contributed by atoms with Gasteiger partial charge in [-0.1, -0.05) is 0 Å². The second-order valence-electron chi connectivity index (χ2n) is 7.78. The molecule has 0 radical (unpaired) electrons. The summed E-state index contributed by atoms with van der Waals surface area (Å²) in [7, 11) is 0. The zero-order valence-corrected chi connectivity index (χ0v) is 16.1. The fourth-order valence-electron chi connectivity index (χ4n) is 2.76. The Morgan fingerprint density at radius 3 is 2.69 bits per heavy atom. The van der Waals surface area contributed by atoms with Crippen LogP contribution in [0, 0.1) is 24.1 Å². The largest absolute Gasteiger partial charge is 0.488 e. The highest BCUT2D eigenvalue weighted by atomic mass is 19.1. The number of benzene rings is 1. The number of ether oxygens (including phenoxy) is 3. The van der Waals surface area contributed by atoms with E-state index in [9.17, 15) is 9.18 Å². The molecule has 1 heterocycles. The van der Waals surface area contributed by atoms with E-state index in [-0.39, 0.29) is 24.5 Å². The zero-order valence-electron chi connectivity index (χ0n) is 16.1. The molecule has 0 bridgehead atoms. The third-order valence-corrected chi connectivity index (χ3v) is 4.00. The van der Waals surface area contributed by atoms with Crippen molar-refractivity contribution < 1.29 is 23.4 Å². The van der Waals surface area contributed by atoms with Gasteiger partial charge in [0.25, 0.3) is 0 Å².